The van der Waals surface area contributed by atoms with Crippen LogP contribution in [0.25, 0.3) is 0 Å². The maximum absolute atomic E-state index is 12.9. The molecule has 5 nitrogen and oxygen atoms in total. The van der Waals surface area contributed by atoms with Gasteiger partial charge in [0.1, 0.15) is 5.75 Å². The Bertz CT molecular complexity index is 832. The Kier molecular flexibility index (Phi) is 7.94. The third kappa shape index (κ3) is 5.43. The van der Waals surface area contributed by atoms with E-state index in [0.717, 1.165) is 22.4 Å². The Balaban J connectivity index is 2.19. The van der Waals surface area contributed by atoms with Crippen LogP contribution in [0.5, 0.6) is 17.2 Å². The summed E-state index contributed by atoms with van der Waals surface area (Å²) in [6.45, 7) is 10.2. The molecule has 0 heterocycles. The molecule has 2 aromatic rings. The highest BCUT2D eigenvalue weighted by atomic mass is 16.5. The van der Waals surface area contributed by atoms with Gasteiger partial charge in [0.15, 0.2) is 17.6 Å². The van der Waals surface area contributed by atoms with Gasteiger partial charge in [0.05, 0.1) is 20.3 Å². The average molecular weight is 400 g/mol. The number of para-hydroxylation sites is 2. The Morgan fingerprint density at radius 2 is 1.59 bits per heavy atom. The van der Waals surface area contributed by atoms with E-state index >= 15 is 0 Å². The number of ether oxygens (including phenoxy) is 3. The topological polar surface area (TPSA) is 56.8 Å². The first-order chi connectivity index (χ1) is 13.8. The van der Waals surface area contributed by atoms with Crippen LogP contribution in [0, 0.1) is 6.92 Å². The zero-order valence-corrected chi connectivity index (χ0v) is 18.5. The lowest BCUT2D eigenvalue weighted by atomic mass is 9.93. The van der Waals surface area contributed by atoms with E-state index in [0.29, 0.717) is 23.8 Å². The van der Waals surface area contributed by atoms with Crippen LogP contribution in [0.2, 0.25) is 0 Å². The summed E-state index contributed by atoms with van der Waals surface area (Å²) in [7, 11) is 3.27. The van der Waals surface area contributed by atoms with Crippen LogP contribution >= 0.6 is 0 Å². The molecule has 0 fully saturated rings. The van der Waals surface area contributed by atoms with Gasteiger partial charge in [0.25, 0.3) is 5.91 Å². The number of hydrogen-bond acceptors (Lipinski definition) is 4. The van der Waals surface area contributed by atoms with Gasteiger partial charge < -0.3 is 19.5 Å². The van der Waals surface area contributed by atoms with Gasteiger partial charge in [0.2, 0.25) is 0 Å². The molecule has 2 aromatic carbocycles. The lowest BCUT2D eigenvalue weighted by Crippen LogP contribution is -2.39. The number of rotatable bonds is 9. The molecular weight excluding hydrogens is 366 g/mol. The molecule has 0 radical (unpaired) electrons. The van der Waals surface area contributed by atoms with Gasteiger partial charge in [-0.05, 0) is 67.1 Å². The first-order valence-corrected chi connectivity index (χ1v) is 10.1. The summed E-state index contributed by atoms with van der Waals surface area (Å²) in [5.41, 5.74) is 3.29. The Hall–Kier alpha value is -2.69. The molecule has 5 heteroatoms. The minimum atomic E-state index is -0.600. The third-order valence-electron chi connectivity index (χ3n) is 5.07. The van der Waals surface area contributed by atoms with Gasteiger partial charge >= 0.3 is 0 Å². The molecule has 0 aliphatic carbocycles. The number of amides is 1. The van der Waals surface area contributed by atoms with Crippen LogP contribution in [0.3, 0.4) is 0 Å². The molecular formula is C24H33NO4. The standard InChI is InChI=1S/C24H33NO4/c1-8-20(29-22-12-10-9-11-21(22)27-6)24(26)25-17(5)19-14-18(15(2)3)23(28-7)13-16(19)4/h9-15,17,20H,8H2,1-7H3,(H,25,26)/t17-,20+/m1/s1. The molecule has 1 amide bonds. The molecule has 0 saturated carbocycles. The molecule has 0 aliphatic rings. The molecule has 158 valence electrons. The summed E-state index contributed by atoms with van der Waals surface area (Å²) in [4.78, 5) is 12.9. The van der Waals surface area contributed by atoms with Crippen molar-refractivity contribution in [2.45, 2.75) is 59.1 Å². The largest absolute Gasteiger partial charge is 0.496 e. The lowest BCUT2D eigenvalue weighted by Gasteiger charge is -2.24. The smallest absolute Gasteiger partial charge is 0.261 e. The van der Waals surface area contributed by atoms with Gasteiger partial charge in [-0.15, -0.1) is 0 Å². The molecule has 0 unspecified atom stereocenters. The number of nitrogens with one attached hydrogen (secondary N) is 1. The summed E-state index contributed by atoms with van der Waals surface area (Å²) in [6.07, 6.45) is -0.0491. The molecule has 0 saturated heterocycles. The van der Waals surface area contributed by atoms with Crippen molar-refractivity contribution in [3.63, 3.8) is 0 Å². The second-order valence-electron chi connectivity index (χ2n) is 7.50. The molecule has 0 spiro atoms. The molecule has 2 atom stereocenters. The van der Waals surface area contributed by atoms with Crippen LogP contribution in [-0.2, 0) is 4.79 Å². The minimum Gasteiger partial charge on any atom is -0.496 e. The lowest BCUT2D eigenvalue weighted by molar-refractivity contribution is -0.128. The zero-order valence-electron chi connectivity index (χ0n) is 18.5. The van der Waals surface area contributed by atoms with E-state index in [9.17, 15) is 4.79 Å². The summed E-state index contributed by atoms with van der Waals surface area (Å²) < 4.78 is 16.8. The summed E-state index contributed by atoms with van der Waals surface area (Å²) in [5, 5.41) is 3.10. The van der Waals surface area contributed by atoms with Crippen LogP contribution in [0.15, 0.2) is 36.4 Å². The van der Waals surface area contributed by atoms with Crippen molar-refractivity contribution in [2.75, 3.05) is 14.2 Å². The van der Waals surface area contributed by atoms with Crippen molar-refractivity contribution in [1.29, 1.82) is 0 Å². The van der Waals surface area contributed by atoms with Gasteiger partial charge in [-0.3, -0.25) is 4.79 Å². The van der Waals surface area contributed by atoms with E-state index in [-0.39, 0.29) is 11.9 Å². The van der Waals surface area contributed by atoms with Gasteiger partial charge in [-0.1, -0.05) is 32.9 Å². The molecule has 29 heavy (non-hydrogen) atoms. The van der Waals surface area contributed by atoms with Crippen LogP contribution in [0.4, 0.5) is 0 Å². The number of carbonyl (C=O) groups excluding carboxylic acids is 1. The maximum atomic E-state index is 12.9. The molecule has 2 rings (SSSR count). The molecule has 0 aromatic heterocycles. The number of hydrogen-bond donors (Lipinski definition) is 1. The van der Waals surface area contributed by atoms with Crippen molar-refractivity contribution in [3.8, 4) is 17.2 Å². The Morgan fingerprint density at radius 1 is 0.966 bits per heavy atom. The summed E-state index contributed by atoms with van der Waals surface area (Å²) >= 11 is 0. The van der Waals surface area contributed by atoms with Gasteiger partial charge in [-0.2, -0.15) is 0 Å². The fraction of sp³-hybridized carbons (Fsp3) is 0.458. The Morgan fingerprint density at radius 3 is 2.14 bits per heavy atom. The minimum absolute atomic E-state index is 0.146. The highest BCUT2D eigenvalue weighted by Gasteiger charge is 2.23. The van der Waals surface area contributed by atoms with Crippen LogP contribution < -0.4 is 19.5 Å². The van der Waals surface area contributed by atoms with Crippen molar-refractivity contribution in [1.82, 2.24) is 5.32 Å². The highest BCUT2D eigenvalue weighted by molar-refractivity contribution is 5.81. The first-order valence-electron chi connectivity index (χ1n) is 10.1. The molecule has 0 bridgehead atoms. The van der Waals surface area contributed by atoms with Crippen molar-refractivity contribution >= 4 is 5.91 Å². The van der Waals surface area contributed by atoms with E-state index < -0.39 is 6.10 Å². The molecule has 1 N–H and O–H groups in total. The van der Waals surface area contributed by atoms with E-state index in [4.69, 9.17) is 14.2 Å². The number of benzene rings is 2. The van der Waals surface area contributed by atoms with Crippen molar-refractivity contribution in [2.24, 2.45) is 0 Å². The predicted molar refractivity (Wildman–Crippen MR) is 116 cm³/mol. The van der Waals surface area contributed by atoms with E-state index in [1.54, 1.807) is 20.3 Å². The predicted octanol–water partition coefficient (Wildman–Crippen LogP) is 5.17. The van der Waals surface area contributed by atoms with Gasteiger partial charge in [0, 0.05) is 0 Å². The second-order valence-corrected chi connectivity index (χ2v) is 7.50. The number of aryl methyl sites for hydroxylation is 1. The zero-order chi connectivity index (χ0) is 21.6. The van der Waals surface area contributed by atoms with E-state index in [1.807, 2.05) is 45.0 Å². The SMILES string of the molecule is CC[C@H](Oc1ccccc1OC)C(=O)N[C@H](C)c1cc(C(C)C)c(OC)cc1C. The fourth-order valence-electron chi connectivity index (χ4n) is 3.39. The first kappa shape index (κ1) is 22.6. The quantitative estimate of drug-likeness (QED) is 0.632. The fourth-order valence-corrected chi connectivity index (χ4v) is 3.39. The monoisotopic (exact) mass is 399 g/mol. The van der Waals surface area contributed by atoms with Crippen molar-refractivity contribution < 1.29 is 19.0 Å². The van der Waals surface area contributed by atoms with Crippen LogP contribution in [-0.4, -0.2) is 26.2 Å². The highest BCUT2D eigenvalue weighted by Crippen LogP contribution is 2.32. The molecule has 0 aliphatic heterocycles. The maximum Gasteiger partial charge on any atom is 0.261 e. The Labute approximate surface area is 174 Å². The second kappa shape index (κ2) is 10.2. The normalized spacial score (nSPS) is 13.0. The van der Waals surface area contributed by atoms with E-state index in [2.05, 4.69) is 25.2 Å². The third-order valence-corrected chi connectivity index (χ3v) is 5.07. The number of methoxy groups -OCH3 is 2. The van der Waals surface area contributed by atoms with E-state index in [1.165, 1.54) is 0 Å². The summed E-state index contributed by atoms with van der Waals surface area (Å²) in [6, 6.07) is 11.4. The summed E-state index contributed by atoms with van der Waals surface area (Å²) in [5.74, 6) is 2.23. The van der Waals surface area contributed by atoms with Crippen LogP contribution in [0.1, 0.15) is 62.8 Å². The number of carbonyl (C=O) groups is 1. The van der Waals surface area contributed by atoms with Gasteiger partial charge in [-0.25, -0.2) is 0 Å². The average Bonchev–Trinajstić information content (AvgIpc) is 2.71. The van der Waals surface area contributed by atoms with Crippen molar-refractivity contribution in [3.05, 3.63) is 53.1 Å².